The van der Waals surface area contributed by atoms with Gasteiger partial charge < -0.3 is 4.90 Å². The number of hydrogen-bond acceptors (Lipinski definition) is 5. The second kappa shape index (κ2) is 5.85. The molecule has 0 saturated carbocycles. The summed E-state index contributed by atoms with van der Waals surface area (Å²) in [7, 11) is 0. The van der Waals surface area contributed by atoms with Crippen molar-refractivity contribution in [3.8, 4) is 0 Å². The molecule has 0 spiro atoms. The zero-order valence-electron chi connectivity index (χ0n) is 10.8. The average Bonchev–Trinajstić information content (AvgIpc) is 2.74. The molecule has 0 radical (unpaired) electrons. The van der Waals surface area contributed by atoms with Gasteiger partial charge in [0.05, 0.1) is 10.2 Å². The van der Waals surface area contributed by atoms with Crippen LogP contribution in [0.5, 0.6) is 0 Å². The highest BCUT2D eigenvalue weighted by Crippen LogP contribution is 2.32. The molecule has 1 unspecified atom stereocenters. The Morgan fingerprint density at radius 3 is 3.11 bits per heavy atom. The van der Waals surface area contributed by atoms with E-state index in [1.165, 1.54) is 19.3 Å². The SMILES string of the molecule is CSC1CCCN(c2nc(Cl)nc3ccsc23)CC1. The van der Waals surface area contributed by atoms with Crippen LogP contribution in [0.4, 0.5) is 5.82 Å². The largest absolute Gasteiger partial charge is 0.355 e. The van der Waals surface area contributed by atoms with Gasteiger partial charge in [-0.3, -0.25) is 0 Å². The summed E-state index contributed by atoms with van der Waals surface area (Å²) in [4.78, 5) is 11.1. The molecule has 3 rings (SSSR count). The molecular weight excluding hydrogens is 298 g/mol. The van der Waals surface area contributed by atoms with Crippen LogP contribution in [-0.4, -0.2) is 34.6 Å². The van der Waals surface area contributed by atoms with Crippen LogP contribution in [0.3, 0.4) is 0 Å². The van der Waals surface area contributed by atoms with Gasteiger partial charge in [0.1, 0.15) is 0 Å². The van der Waals surface area contributed by atoms with Crippen LogP contribution in [0, 0.1) is 0 Å². The molecule has 0 aliphatic carbocycles. The van der Waals surface area contributed by atoms with Crippen molar-refractivity contribution in [1.29, 1.82) is 0 Å². The monoisotopic (exact) mass is 313 g/mol. The van der Waals surface area contributed by atoms with Crippen molar-refractivity contribution in [3.05, 3.63) is 16.7 Å². The van der Waals surface area contributed by atoms with Crippen LogP contribution < -0.4 is 4.90 Å². The predicted molar refractivity (Wildman–Crippen MR) is 85.8 cm³/mol. The van der Waals surface area contributed by atoms with E-state index in [1.54, 1.807) is 11.3 Å². The smallest absolute Gasteiger partial charge is 0.224 e. The number of hydrogen-bond donors (Lipinski definition) is 0. The van der Waals surface area contributed by atoms with Gasteiger partial charge in [-0.25, -0.2) is 4.98 Å². The second-order valence-corrected chi connectivity index (χ2v) is 7.12. The van der Waals surface area contributed by atoms with Crippen LogP contribution in [0.15, 0.2) is 11.4 Å². The molecule has 1 aliphatic heterocycles. The number of nitrogens with zero attached hydrogens (tertiary/aromatic N) is 3. The Morgan fingerprint density at radius 2 is 2.26 bits per heavy atom. The van der Waals surface area contributed by atoms with E-state index >= 15 is 0 Å². The summed E-state index contributed by atoms with van der Waals surface area (Å²) in [6.07, 6.45) is 5.94. The van der Waals surface area contributed by atoms with Crippen molar-refractivity contribution in [2.75, 3.05) is 24.2 Å². The van der Waals surface area contributed by atoms with Crippen LogP contribution >= 0.6 is 34.7 Å². The lowest BCUT2D eigenvalue weighted by molar-refractivity contribution is 0.745. The molecule has 1 atom stereocenters. The Bertz CT molecular complexity index is 572. The summed E-state index contributed by atoms with van der Waals surface area (Å²) in [6, 6.07) is 2.01. The van der Waals surface area contributed by atoms with Crippen LogP contribution in [0.2, 0.25) is 5.28 Å². The Balaban J connectivity index is 1.93. The number of aromatic nitrogens is 2. The molecule has 6 heteroatoms. The highest BCUT2D eigenvalue weighted by Gasteiger charge is 2.20. The first-order chi connectivity index (χ1) is 9.28. The minimum absolute atomic E-state index is 0.353. The molecule has 1 saturated heterocycles. The highest BCUT2D eigenvalue weighted by atomic mass is 35.5. The quantitative estimate of drug-likeness (QED) is 0.782. The minimum Gasteiger partial charge on any atom is -0.355 e. The number of anilines is 1. The maximum absolute atomic E-state index is 6.05. The summed E-state index contributed by atoms with van der Waals surface area (Å²) >= 11 is 9.73. The summed E-state index contributed by atoms with van der Waals surface area (Å²) in [5, 5.41) is 3.19. The number of thiophene rings is 1. The zero-order chi connectivity index (χ0) is 13.2. The summed E-state index contributed by atoms with van der Waals surface area (Å²) in [6.45, 7) is 2.13. The summed E-state index contributed by atoms with van der Waals surface area (Å²) < 4.78 is 1.16. The predicted octanol–water partition coefficient (Wildman–Crippen LogP) is 4.07. The van der Waals surface area contributed by atoms with E-state index in [2.05, 4.69) is 26.5 Å². The normalized spacial score (nSPS) is 20.7. The van der Waals surface area contributed by atoms with Crippen molar-refractivity contribution in [2.45, 2.75) is 24.5 Å². The first kappa shape index (κ1) is 13.5. The Morgan fingerprint density at radius 1 is 1.37 bits per heavy atom. The van der Waals surface area contributed by atoms with E-state index in [0.29, 0.717) is 5.28 Å². The fourth-order valence-electron chi connectivity index (χ4n) is 2.55. The molecular formula is C13H16ClN3S2. The maximum atomic E-state index is 6.05. The summed E-state index contributed by atoms with van der Waals surface area (Å²) in [5.41, 5.74) is 0.964. The molecule has 19 heavy (non-hydrogen) atoms. The Kier molecular flexibility index (Phi) is 4.15. The number of rotatable bonds is 2. The number of fused-ring (bicyclic) bond motifs is 1. The van der Waals surface area contributed by atoms with Gasteiger partial charge in [-0.1, -0.05) is 0 Å². The number of halogens is 1. The van der Waals surface area contributed by atoms with Crippen LogP contribution in [-0.2, 0) is 0 Å². The van der Waals surface area contributed by atoms with E-state index in [0.717, 1.165) is 34.4 Å². The Hall–Kier alpha value is -0.520. The van der Waals surface area contributed by atoms with Crippen molar-refractivity contribution >= 4 is 50.7 Å². The molecule has 0 N–H and O–H groups in total. The molecule has 0 bridgehead atoms. The Labute approximate surface area is 126 Å². The van der Waals surface area contributed by atoms with Crippen molar-refractivity contribution in [2.24, 2.45) is 0 Å². The van der Waals surface area contributed by atoms with Crippen molar-refractivity contribution in [1.82, 2.24) is 9.97 Å². The van der Waals surface area contributed by atoms with Gasteiger partial charge in [0.15, 0.2) is 5.82 Å². The average molecular weight is 314 g/mol. The van der Waals surface area contributed by atoms with Gasteiger partial charge in [0.25, 0.3) is 0 Å². The standard InChI is InChI=1S/C13H16ClN3S2/c1-18-9-3-2-6-17(7-4-9)12-11-10(5-8-19-11)15-13(14)16-12/h5,8-9H,2-4,6-7H2,1H3. The topological polar surface area (TPSA) is 29.0 Å². The van der Waals surface area contributed by atoms with Gasteiger partial charge in [-0.2, -0.15) is 16.7 Å². The minimum atomic E-state index is 0.353. The third kappa shape index (κ3) is 2.83. The third-order valence-corrected chi connectivity index (χ3v) is 5.77. The van der Waals surface area contributed by atoms with E-state index in [-0.39, 0.29) is 0 Å². The molecule has 1 aliphatic rings. The van der Waals surface area contributed by atoms with E-state index in [9.17, 15) is 0 Å². The van der Waals surface area contributed by atoms with E-state index < -0.39 is 0 Å². The molecule has 2 aromatic heterocycles. The molecule has 2 aromatic rings. The van der Waals surface area contributed by atoms with E-state index in [1.807, 2.05) is 17.8 Å². The second-order valence-electron chi connectivity index (χ2n) is 4.73. The maximum Gasteiger partial charge on any atom is 0.224 e. The lowest BCUT2D eigenvalue weighted by Crippen LogP contribution is -2.25. The molecule has 102 valence electrons. The van der Waals surface area contributed by atoms with Crippen LogP contribution in [0.1, 0.15) is 19.3 Å². The fraction of sp³-hybridized carbons (Fsp3) is 0.538. The van der Waals surface area contributed by atoms with Crippen LogP contribution in [0.25, 0.3) is 10.2 Å². The van der Waals surface area contributed by atoms with Gasteiger partial charge >= 0.3 is 0 Å². The third-order valence-electron chi connectivity index (χ3n) is 3.57. The molecule has 3 nitrogen and oxygen atoms in total. The lowest BCUT2D eigenvalue weighted by atomic mass is 10.2. The zero-order valence-corrected chi connectivity index (χ0v) is 13.2. The first-order valence-corrected chi connectivity index (χ1v) is 9.01. The molecule has 0 amide bonds. The van der Waals surface area contributed by atoms with Gasteiger partial charge in [-0.15, -0.1) is 11.3 Å². The van der Waals surface area contributed by atoms with E-state index in [4.69, 9.17) is 11.6 Å². The molecule has 0 aromatic carbocycles. The molecule has 1 fully saturated rings. The lowest BCUT2D eigenvalue weighted by Gasteiger charge is -2.22. The van der Waals surface area contributed by atoms with Crippen molar-refractivity contribution < 1.29 is 0 Å². The summed E-state index contributed by atoms with van der Waals surface area (Å²) in [5.74, 6) is 1.02. The van der Waals surface area contributed by atoms with Crippen molar-refractivity contribution in [3.63, 3.8) is 0 Å². The molecule has 3 heterocycles. The highest BCUT2D eigenvalue weighted by molar-refractivity contribution is 7.99. The van der Waals surface area contributed by atoms with Gasteiger partial charge in [0, 0.05) is 18.3 Å². The van der Waals surface area contributed by atoms with Gasteiger partial charge in [-0.05, 0) is 48.6 Å². The number of thioether (sulfide) groups is 1. The first-order valence-electron chi connectivity index (χ1n) is 6.46. The fourth-order valence-corrected chi connectivity index (χ4v) is 4.31. The van der Waals surface area contributed by atoms with Gasteiger partial charge in [0.2, 0.25) is 5.28 Å².